The zero-order chi connectivity index (χ0) is 11.3. The van der Waals surface area contributed by atoms with Gasteiger partial charge in [-0.05, 0) is 38.0 Å². The molecule has 0 spiro atoms. The number of rotatable bonds is 5. The van der Waals surface area contributed by atoms with Crippen molar-refractivity contribution in [1.29, 1.82) is 0 Å². The first-order valence-electron chi connectivity index (χ1n) is 5.58. The number of hydrogen-bond donors (Lipinski definition) is 1. The molecule has 0 bridgehead atoms. The zero-order valence-electron chi connectivity index (χ0n) is 9.73. The third-order valence-electron chi connectivity index (χ3n) is 2.39. The first-order valence-corrected chi connectivity index (χ1v) is 5.58. The second-order valence-electron chi connectivity index (χ2n) is 3.96. The van der Waals surface area contributed by atoms with Crippen LogP contribution in [-0.2, 0) is 0 Å². The van der Waals surface area contributed by atoms with E-state index in [1.165, 1.54) is 0 Å². The second-order valence-corrected chi connectivity index (χ2v) is 3.96. The summed E-state index contributed by atoms with van der Waals surface area (Å²) in [6.45, 7) is 5.98. The average Bonchev–Trinajstić information content (AvgIpc) is 2.18. The predicted molar refractivity (Wildman–Crippen MR) is 62.1 cm³/mol. The van der Waals surface area contributed by atoms with Gasteiger partial charge < -0.3 is 9.84 Å². The number of hydrogen-bond acceptors (Lipinski definition) is 2. The minimum atomic E-state index is -0.410. The first-order chi connectivity index (χ1) is 7.13. The van der Waals surface area contributed by atoms with Crippen LogP contribution in [0.1, 0.15) is 45.3 Å². The molecule has 0 aliphatic heterocycles. The monoisotopic (exact) mass is 208 g/mol. The summed E-state index contributed by atoms with van der Waals surface area (Å²) in [6, 6.07) is 7.62. The lowest BCUT2D eigenvalue weighted by molar-refractivity contribution is 0.197. The van der Waals surface area contributed by atoms with Crippen molar-refractivity contribution in [1.82, 2.24) is 0 Å². The molecule has 0 aliphatic carbocycles. The first kappa shape index (κ1) is 12.1. The molecule has 1 aromatic rings. The SMILES string of the molecule is CCCC(C)Oc1ccc(C(C)O)cc1. The Balaban J connectivity index is 2.56. The molecule has 2 unspecified atom stereocenters. The van der Waals surface area contributed by atoms with Crippen LogP contribution in [0, 0.1) is 0 Å². The summed E-state index contributed by atoms with van der Waals surface area (Å²) in [5.41, 5.74) is 0.922. The third kappa shape index (κ3) is 3.92. The fourth-order valence-electron chi connectivity index (χ4n) is 1.52. The molecular weight excluding hydrogens is 188 g/mol. The van der Waals surface area contributed by atoms with Gasteiger partial charge in [-0.15, -0.1) is 0 Å². The maximum atomic E-state index is 9.34. The summed E-state index contributed by atoms with van der Waals surface area (Å²) in [5, 5.41) is 9.34. The Morgan fingerprint density at radius 1 is 1.20 bits per heavy atom. The van der Waals surface area contributed by atoms with Gasteiger partial charge in [-0.3, -0.25) is 0 Å². The van der Waals surface area contributed by atoms with Gasteiger partial charge in [0, 0.05) is 0 Å². The van der Waals surface area contributed by atoms with Crippen LogP contribution in [0.25, 0.3) is 0 Å². The highest BCUT2D eigenvalue weighted by molar-refractivity contribution is 5.28. The Kier molecular flexibility index (Phi) is 4.63. The molecule has 1 rings (SSSR count). The van der Waals surface area contributed by atoms with Crippen LogP contribution in [-0.4, -0.2) is 11.2 Å². The average molecular weight is 208 g/mol. The number of aliphatic hydroxyl groups is 1. The summed E-state index contributed by atoms with van der Waals surface area (Å²) in [4.78, 5) is 0. The fourth-order valence-corrected chi connectivity index (χ4v) is 1.52. The minimum absolute atomic E-state index is 0.257. The van der Waals surface area contributed by atoms with E-state index in [9.17, 15) is 5.11 Å². The molecule has 0 saturated carbocycles. The van der Waals surface area contributed by atoms with Crippen LogP contribution in [0.4, 0.5) is 0 Å². The van der Waals surface area contributed by atoms with Crippen LogP contribution < -0.4 is 4.74 Å². The van der Waals surface area contributed by atoms with Crippen molar-refractivity contribution in [2.75, 3.05) is 0 Å². The van der Waals surface area contributed by atoms with Crippen molar-refractivity contribution in [3.05, 3.63) is 29.8 Å². The minimum Gasteiger partial charge on any atom is -0.491 e. The van der Waals surface area contributed by atoms with Crippen molar-refractivity contribution >= 4 is 0 Å². The number of ether oxygens (including phenoxy) is 1. The van der Waals surface area contributed by atoms with Gasteiger partial charge in [-0.25, -0.2) is 0 Å². The second kappa shape index (κ2) is 5.76. The van der Waals surface area contributed by atoms with E-state index < -0.39 is 6.10 Å². The van der Waals surface area contributed by atoms with Gasteiger partial charge in [0.25, 0.3) is 0 Å². The van der Waals surface area contributed by atoms with E-state index in [2.05, 4.69) is 13.8 Å². The lowest BCUT2D eigenvalue weighted by Crippen LogP contribution is -2.10. The number of benzene rings is 1. The smallest absolute Gasteiger partial charge is 0.119 e. The van der Waals surface area contributed by atoms with Crippen molar-refractivity contribution in [3.63, 3.8) is 0 Å². The van der Waals surface area contributed by atoms with Crippen molar-refractivity contribution in [2.45, 2.75) is 45.8 Å². The molecule has 0 fully saturated rings. The van der Waals surface area contributed by atoms with Gasteiger partial charge in [0.2, 0.25) is 0 Å². The molecule has 84 valence electrons. The molecule has 1 aromatic carbocycles. The Bertz CT molecular complexity index is 277. The van der Waals surface area contributed by atoms with E-state index in [-0.39, 0.29) is 6.10 Å². The summed E-state index contributed by atoms with van der Waals surface area (Å²) >= 11 is 0. The van der Waals surface area contributed by atoms with Gasteiger partial charge >= 0.3 is 0 Å². The van der Waals surface area contributed by atoms with Crippen LogP contribution >= 0.6 is 0 Å². The maximum absolute atomic E-state index is 9.34. The highest BCUT2D eigenvalue weighted by Crippen LogP contribution is 2.18. The molecule has 0 heterocycles. The van der Waals surface area contributed by atoms with E-state index >= 15 is 0 Å². The third-order valence-corrected chi connectivity index (χ3v) is 2.39. The quantitative estimate of drug-likeness (QED) is 0.804. The van der Waals surface area contributed by atoms with Gasteiger partial charge in [0.1, 0.15) is 5.75 Å². The Morgan fingerprint density at radius 3 is 2.27 bits per heavy atom. The molecule has 2 nitrogen and oxygen atoms in total. The van der Waals surface area contributed by atoms with Crippen LogP contribution in [0.2, 0.25) is 0 Å². The summed E-state index contributed by atoms with van der Waals surface area (Å²) in [7, 11) is 0. The van der Waals surface area contributed by atoms with E-state index in [1.807, 2.05) is 24.3 Å². The van der Waals surface area contributed by atoms with E-state index in [0.717, 1.165) is 24.2 Å². The van der Waals surface area contributed by atoms with E-state index in [0.29, 0.717) is 0 Å². The van der Waals surface area contributed by atoms with E-state index in [1.54, 1.807) is 6.92 Å². The lowest BCUT2D eigenvalue weighted by Gasteiger charge is -2.14. The molecule has 0 saturated heterocycles. The summed E-state index contributed by atoms with van der Waals surface area (Å²) < 4.78 is 5.71. The Hall–Kier alpha value is -1.02. The maximum Gasteiger partial charge on any atom is 0.119 e. The van der Waals surface area contributed by atoms with E-state index in [4.69, 9.17) is 4.74 Å². The molecule has 1 N–H and O–H groups in total. The molecule has 0 aliphatic rings. The molecule has 0 amide bonds. The molecule has 0 radical (unpaired) electrons. The van der Waals surface area contributed by atoms with Crippen LogP contribution in [0.3, 0.4) is 0 Å². The molecule has 2 atom stereocenters. The summed E-state index contributed by atoms with van der Waals surface area (Å²) in [5.74, 6) is 0.875. The van der Waals surface area contributed by atoms with Gasteiger partial charge in [-0.1, -0.05) is 25.5 Å². The van der Waals surface area contributed by atoms with Crippen molar-refractivity contribution < 1.29 is 9.84 Å². The Morgan fingerprint density at radius 2 is 1.80 bits per heavy atom. The van der Waals surface area contributed by atoms with Gasteiger partial charge in [-0.2, -0.15) is 0 Å². The molecule has 2 heteroatoms. The van der Waals surface area contributed by atoms with Crippen molar-refractivity contribution in [2.24, 2.45) is 0 Å². The topological polar surface area (TPSA) is 29.5 Å². The Labute approximate surface area is 91.9 Å². The van der Waals surface area contributed by atoms with Crippen LogP contribution in [0.15, 0.2) is 24.3 Å². The zero-order valence-corrected chi connectivity index (χ0v) is 9.73. The molecular formula is C13H20O2. The summed E-state index contributed by atoms with van der Waals surface area (Å²) in [6.07, 6.45) is 2.05. The van der Waals surface area contributed by atoms with Crippen molar-refractivity contribution in [3.8, 4) is 5.75 Å². The number of aliphatic hydroxyl groups excluding tert-OH is 1. The van der Waals surface area contributed by atoms with Gasteiger partial charge in [0.15, 0.2) is 0 Å². The molecule has 15 heavy (non-hydrogen) atoms. The largest absolute Gasteiger partial charge is 0.491 e. The van der Waals surface area contributed by atoms with Crippen LogP contribution in [0.5, 0.6) is 5.75 Å². The normalized spacial score (nSPS) is 14.7. The molecule has 0 aromatic heterocycles. The standard InChI is InChI=1S/C13H20O2/c1-4-5-10(2)15-13-8-6-12(7-9-13)11(3)14/h6-11,14H,4-5H2,1-3H3. The highest BCUT2D eigenvalue weighted by Gasteiger charge is 2.04. The lowest BCUT2D eigenvalue weighted by atomic mass is 10.1. The highest BCUT2D eigenvalue weighted by atomic mass is 16.5. The van der Waals surface area contributed by atoms with Gasteiger partial charge in [0.05, 0.1) is 12.2 Å². The fraction of sp³-hybridized carbons (Fsp3) is 0.538. The predicted octanol–water partition coefficient (Wildman–Crippen LogP) is 3.31.